The molecular weight excluding hydrogens is 346 g/mol. The molecule has 3 nitrogen and oxygen atoms in total. The predicted molar refractivity (Wildman–Crippen MR) is 115 cm³/mol. The van der Waals surface area contributed by atoms with Crippen molar-refractivity contribution < 1.29 is 9.57 Å². The summed E-state index contributed by atoms with van der Waals surface area (Å²) < 4.78 is 5.92. The monoisotopic (exact) mass is 379 g/mol. The summed E-state index contributed by atoms with van der Waals surface area (Å²) in [5.74, 6) is 0. The van der Waals surface area contributed by atoms with Crippen molar-refractivity contribution >= 4 is 5.57 Å². The van der Waals surface area contributed by atoms with Crippen LogP contribution in [0.15, 0.2) is 66.9 Å². The topological polar surface area (TPSA) is 21.7 Å². The van der Waals surface area contributed by atoms with Gasteiger partial charge >= 0.3 is 0 Å². The largest absolute Gasteiger partial charge is 0.496 e. The second-order valence-electron chi connectivity index (χ2n) is 8.85. The SMILES string of the molecule is CC1(C)CCCC(C)(C)N1OC/C(=C\OCc1ccccc1)c1ccccc1. The third-order valence-electron chi connectivity index (χ3n) is 5.49. The zero-order valence-electron chi connectivity index (χ0n) is 17.7. The Labute approximate surface area is 169 Å². The molecule has 0 spiro atoms. The Hall–Kier alpha value is -2.10. The third-order valence-corrected chi connectivity index (χ3v) is 5.49. The first-order valence-electron chi connectivity index (χ1n) is 10.2. The van der Waals surface area contributed by atoms with Crippen LogP contribution in [0.2, 0.25) is 0 Å². The molecule has 0 aliphatic carbocycles. The van der Waals surface area contributed by atoms with Crippen LogP contribution >= 0.6 is 0 Å². The van der Waals surface area contributed by atoms with Crippen LogP contribution in [0.25, 0.3) is 5.57 Å². The molecule has 0 bridgehead atoms. The van der Waals surface area contributed by atoms with Gasteiger partial charge in [0.25, 0.3) is 0 Å². The molecule has 1 heterocycles. The second kappa shape index (κ2) is 8.93. The minimum absolute atomic E-state index is 0.0223. The van der Waals surface area contributed by atoms with E-state index in [4.69, 9.17) is 9.57 Å². The average molecular weight is 380 g/mol. The van der Waals surface area contributed by atoms with Crippen LogP contribution in [0, 0.1) is 0 Å². The fraction of sp³-hybridized carbons (Fsp3) is 0.440. The summed E-state index contributed by atoms with van der Waals surface area (Å²) in [6, 6.07) is 20.6. The molecule has 0 amide bonds. The fourth-order valence-corrected chi connectivity index (χ4v) is 4.11. The smallest absolute Gasteiger partial charge is 0.112 e. The maximum absolute atomic E-state index is 6.42. The van der Waals surface area contributed by atoms with E-state index in [0.717, 1.165) is 29.5 Å². The Bertz CT molecular complexity index is 750. The molecule has 1 aliphatic heterocycles. The zero-order chi connectivity index (χ0) is 20.0. The molecule has 0 saturated carbocycles. The predicted octanol–water partition coefficient (Wildman–Crippen LogP) is 6.22. The molecule has 0 N–H and O–H groups in total. The molecule has 2 aromatic carbocycles. The number of piperidine rings is 1. The van der Waals surface area contributed by atoms with Crippen molar-refractivity contribution in [1.82, 2.24) is 5.06 Å². The van der Waals surface area contributed by atoms with Crippen molar-refractivity contribution in [1.29, 1.82) is 0 Å². The maximum atomic E-state index is 6.42. The Balaban J connectivity index is 1.73. The highest BCUT2D eigenvalue weighted by Gasteiger charge is 2.42. The number of ether oxygens (including phenoxy) is 1. The Kier molecular flexibility index (Phi) is 6.58. The summed E-state index contributed by atoms with van der Waals surface area (Å²) in [5, 5.41) is 2.21. The van der Waals surface area contributed by atoms with Crippen LogP contribution in [-0.4, -0.2) is 22.7 Å². The minimum Gasteiger partial charge on any atom is -0.496 e. The van der Waals surface area contributed by atoms with Gasteiger partial charge in [0.1, 0.15) is 6.61 Å². The molecule has 1 saturated heterocycles. The quantitative estimate of drug-likeness (QED) is 0.533. The van der Waals surface area contributed by atoms with Crippen molar-refractivity contribution in [2.24, 2.45) is 0 Å². The minimum atomic E-state index is 0.0223. The number of hydroxylamine groups is 2. The van der Waals surface area contributed by atoms with Crippen molar-refractivity contribution in [3.05, 3.63) is 78.1 Å². The number of benzene rings is 2. The summed E-state index contributed by atoms with van der Waals surface area (Å²) >= 11 is 0. The van der Waals surface area contributed by atoms with Crippen LogP contribution in [0.4, 0.5) is 0 Å². The van der Waals surface area contributed by atoms with Gasteiger partial charge in [-0.05, 0) is 58.1 Å². The molecule has 28 heavy (non-hydrogen) atoms. The van der Waals surface area contributed by atoms with E-state index >= 15 is 0 Å². The van der Waals surface area contributed by atoms with E-state index in [1.54, 1.807) is 0 Å². The van der Waals surface area contributed by atoms with Gasteiger partial charge < -0.3 is 4.74 Å². The highest BCUT2D eigenvalue weighted by Crippen LogP contribution is 2.38. The van der Waals surface area contributed by atoms with Crippen molar-refractivity contribution in [2.45, 2.75) is 64.6 Å². The molecule has 0 radical (unpaired) electrons. The van der Waals surface area contributed by atoms with Gasteiger partial charge in [-0.25, -0.2) is 0 Å². The summed E-state index contributed by atoms with van der Waals surface area (Å²) in [7, 11) is 0. The lowest BCUT2D eigenvalue weighted by Gasteiger charge is -2.51. The van der Waals surface area contributed by atoms with Crippen LogP contribution in [0.1, 0.15) is 58.1 Å². The number of hydrogen-bond acceptors (Lipinski definition) is 3. The lowest BCUT2D eigenvalue weighted by atomic mass is 9.82. The first kappa shape index (κ1) is 20.6. The summed E-state index contributed by atoms with van der Waals surface area (Å²) in [6.07, 6.45) is 5.38. The summed E-state index contributed by atoms with van der Waals surface area (Å²) in [4.78, 5) is 6.42. The average Bonchev–Trinajstić information content (AvgIpc) is 2.67. The molecule has 1 aliphatic rings. The van der Waals surface area contributed by atoms with Gasteiger partial charge in [0, 0.05) is 16.7 Å². The van der Waals surface area contributed by atoms with Crippen LogP contribution in [-0.2, 0) is 16.2 Å². The Morgan fingerprint density at radius 3 is 2.07 bits per heavy atom. The lowest BCUT2D eigenvalue weighted by molar-refractivity contribution is -0.273. The molecule has 0 aromatic heterocycles. The van der Waals surface area contributed by atoms with Crippen molar-refractivity contribution in [3.63, 3.8) is 0 Å². The number of hydrogen-bond donors (Lipinski definition) is 0. The van der Waals surface area contributed by atoms with E-state index in [9.17, 15) is 0 Å². The maximum Gasteiger partial charge on any atom is 0.112 e. The molecule has 3 heteroatoms. The van der Waals surface area contributed by atoms with E-state index < -0.39 is 0 Å². The van der Waals surface area contributed by atoms with Gasteiger partial charge in [0.05, 0.1) is 12.9 Å². The zero-order valence-corrected chi connectivity index (χ0v) is 17.7. The van der Waals surface area contributed by atoms with Gasteiger partial charge in [-0.1, -0.05) is 60.7 Å². The van der Waals surface area contributed by atoms with E-state index in [1.165, 1.54) is 6.42 Å². The molecule has 3 rings (SSSR count). The molecule has 0 unspecified atom stereocenters. The van der Waals surface area contributed by atoms with Crippen LogP contribution in [0.5, 0.6) is 0 Å². The normalized spacial score (nSPS) is 19.4. The Morgan fingerprint density at radius 1 is 0.893 bits per heavy atom. The van der Waals surface area contributed by atoms with Gasteiger partial charge in [-0.3, -0.25) is 4.84 Å². The molecule has 150 valence electrons. The number of nitrogens with zero attached hydrogens (tertiary/aromatic N) is 1. The van der Waals surface area contributed by atoms with E-state index in [1.807, 2.05) is 30.5 Å². The first-order chi connectivity index (χ1) is 13.4. The van der Waals surface area contributed by atoms with Crippen LogP contribution in [0.3, 0.4) is 0 Å². The fourth-order valence-electron chi connectivity index (χ4n) is 4.11. The first-order valence-corrected chi connectivity index (χ1v) is 10.2. The van der Waals surface area contributed by atoms with E-state index in [2.05, 4.69) is 69.2 Å². The summed E-state index contributed by atoms with van der Waals surface area (Å²) in [6.45, 7) is 10.1. The second-order valence-corrected chi connectivity index (χ2v) is 8.85. The van der Waals surface area contributed by atoms with Crippen molar-refractivity contribution in [2.75, 3.05) is 6.61 Å². The van der Waals surface area contributed by atoms with Crippen molar-refractivity contribution in [3.8, 4) is 0 Å². The van der Waals surface area contributed by atoms with Gasteiger partial charge in [-0.15, -0.1) is 0 Å². The van der Waals surface area contributed by atoms with Gasteiger partial charge in [0.15, 0.2) is 0 Å². The van der Waals surface area contributed by atoms with Gasteiger partial charge in [0.2, 0.25) is 0 Å². The third kappa shape index (κ3) is 5.24. The molecule has 0 atom stereocenters. The highest BCUT2D eigenvalue weighted by molar-refractivity contribution is 5.65. The van der Waals surface area contributed by atoms with E-state index in [0.29, 0.717) is 13.2 Å². The molecule has 2 aromatic rings. The van der Waals surface area contributed by atoms with E-state index in [-0.39, 0.29) is 11.1 Å². The standard InChI is InChI=1S/C25H33NO2/c1-24(2)16-11-17-25(3,4)26(24)28-20-23(22-14-9-6-10-15-22)19-27-18-21-12-7-5-8-13-21/h5-10,12-15,19H,11,16-18,20H2,1-4H3/b23-19+. The number of rotatable bonds is 7. The summed E-state index contributed by atoms with van der Waals surface area (Å²) in [5.41, 5.74) is 3.38. The molecule has 1 fully saturated rings. The highest BCUT2D eigenvalue weighted by atomic mass is 16.7. The molecular formula is C25H33NO2. The Morgan fingerprint density at radius 2 is 1.46 bits per heavy atom. The van der Waals surface area contributed by atoms with Gasteiger partial charge in [-0.2, -0.15) is 5.06 Å². The lowest BCUT2D eigenvalue weighted by Crippen LogP contribution is -2.58. The van der Waals surface area contributed by atoms with Crippen LogP contribution < -0.4 is 0 Å².